The number of aliphatic hydroxyl groups excluding tert-OH is 1. The first kappa shape index (κ1) is 9.05. The van der Waals surface area contributed by atoms with Crippen molar-refractivity contribution in [2.75, 3.05) is 0 Å². The van der Waals surface area contributed by atoms with Crippen molar-refractivity contribution in [2.24, 2.45) is 11.3 Å². The van der Waals surface area contributed by atoms with E-state index in [0.717, 1.165) is 12.3 Å². The molecule has 1 N–H and O–H groups in total. The summed E-state index contributed by atoms with van der Waals surface area (Å²) < 4.78 is 0. The lowest BCUT2D eigenvalue weighted by Gasteiger charge is -2.17. The predicted octanol–water partition coefficient (Wildman–Crippen LogP) is 2.58. The van der Waals surface area contributed by atoms with Crippen LogP contribution in [0.3, 0.4) is 0 Å². The smallest absolute Gasteiger partial charge is 0.0514 e. The third-order valence-corrected chi connectivity index (χ3v) is 2.75. The Morgan fingerprint density at radius 1 is 1.55 bits per heavy atom. The SMILES string of the molecule is C[C@@H](O)CC1CCC(C)(C)C1. The van der Waals surface area contributed by atoms with Crippen molar-refractivity contribution in [3.8, 4) is 0 Å². The zero-order valence-corrected chi connectivity index (χ0v) is 7.93. The number of aliphatic hydroxyl groups is 1. The molecule has 1 nitrogen and oxygen atoms in total. The fourth-order valence-corrected chi connectivity index (χ4v) is 2.26. The van der Waals surface area contributed by atoms with Crippen LogP contribution in [0.4, 0.5) is 0 Å². The van der Waals surface area contributed by atoms with Crippen LogP contribution in [0.15, 0.2) is 0 Å². The van der Waals surface area contributed by atoms with Crippen LogP contribution in [0.25, 0.3) is 0 Å². The van der Waals surface area contributed by atoms with E-state index in [2.05, 4.69) is 13.8 Å². The van der Waals surface area contributed by atoms with Crippen LogP contribution in [0.5, 0.6) is 0 Å². The van der Waals surface area contributed by atoms with Crippen molar-refractivity contribution in [1.29, 1.82) is 0 Å². The molecule has 1 rings (SSSR count). The predicted molar refractivity (Wildman–Crippen MR) is 47.4 cm³/mol. The second-order valence-corrected chi connectivity index (χ2v) is 4.86. The van der Waals surface area contributed by atoms with Crippen LogP contribution >= 0.6 is 0 Å². The summed E-state index contributed by atoms with van der Waals surface area (Å²) in [6.45, 7) is 6.55. The molecule has 0 radical (unpaired) electrons. The summed E-state index contributed by atoms with van der Waals surface area (Å²) in [5.41, 5.74) is 0.541. The summed E-state index contributed by atoms with van der Waals surface area (Å²) in [4.78, 5) is 0. The molecule has 0 bridgehead atoms. The summed E-state index contributed by atoms with van der Waals surface area (Å²) in [6.07, 6.45) is 4.86. The second-order valence-electron chi connectivity index (χ2n) is 4.86. The molecule has 1 aliphatic rings. The Bertz CT molecular complexity index is 127. The van der Waals surface area contributed by atoms with Crippen molar-refractivity contribution >= 4 is 0 Å². The van der Waals surface area contributed by atoms with Gasteiger partial charge in [0.25, 0.3) is 0 Å². The monoisotopic (exact) mass is 156 g/mol. The van der Waals surface area contributed by atoms with Crippen molar-refractivity contribution in [3.05, 3.63) is 0 Å². The van der Waals surface area contributed by atoms with E-state index < -0.39 is 0 Å². The minimum atomic E-state index is -0.103. The van der Waals surface area contributed by atoms with Gasteiger partial charge in [-0.2, -0.15) is 0 Å². The number of hydrogen-bond donors (Lipinski definition) is 1. The van der Waals surface area contributed by atoms with Crippen molar-refractivity contribution < 1.29 is 5.11 Å². The maximum Gasteiger partial charge on any atom is 0.0514 e. The van der Waals surface area contributed by atoms with Crippen LogP contribution in [0.2, 0.25) is 0 Å². The summed E-state index contributed by atoms with van der Waals surface area (Å²) in [5.74, 6) is 0.782. The minimum absolute atomic E-state index is 0.103. The second kappa shape index (κ2) is 3.14. The van der Waals surface area contributed by atoms with Gasteiger partial charge in [0.1, 0.15) is 0 Å². The average molecular weight is 156 g/mol. The molecular formula is C10H20O. The largest absolute Gasteiger partial charge is 0.393 e. The summed E-state index contributed by atoms with van der Waals surface area (Å²) >= 11 is 0. The summed E-state index contributed by atoms with van der Waals surface area (Å²) in [6, 6.07) is 0. The first-order valence-corrected chi connectivity index (χ1v) is 4.68. The normalized spacial score (nSPS) is 32.2. The van der Waals surface area contributed by atoms with Gasteiger partial charge in [0.15, 0.2) is 0 Å². The standard InChI is InChI=1S/C10H20O/c1-8(11)6-9-4-5-10(2,3)7-9/h8-9,11H,4-7H2,1-3H3/t8-,9?/m1/s1. The summed E-state index contributed by atoms with van der Waals surface area (Å²) in [7, 11) is 0. The molecule has 0 heterocycles. The van der Waals surface area contributed by atoms with Gasteiger partial charge in [-0.1, -0.05) is 13.8 Å². The molecule has 0 aromatic heterocycles. The lowest BCUT2D eigenvalue weighted by molar-refractivity contribution is 0.158. The molecule has 0 aromatic carbocycles. The van der Waals surface area contributed by atoms with E-state index in [-0.39, 0.29) is 6.10 Å². The van der Waals surface area contributed by atoms with Crippen LogP contribution < -0.4 is 0 Å². The third-order valence-electron chi connectivity index (χ3n) is 2.75. The fraction of sp³-hybridized carbons (Fsp3) is 1.00. The van der Waals surface area contributed by atoms with E-state index in [1.54, 1.807) is 0 Å². The minimum Gasteiger partial charge on any atom is -0.393 e. The Labute approximate surface area is 69.8 Å². The van der Waals surface area contributed by atoms with Gasteiger partial charge in [-0.15, -0.1) is 0 Å². The highest BCUT2D eigenvalue weighted by molar-refractivity contribution is 4.82. The molecule has 0 amide bonds. The Hall–Kier alpha value is -0.0400. The Morgan fingerprint density at radius 3 is 2.55 bits per heavy atom. The molecule has 2 atom stereocenters. The van der Waals surface area contributed by atoms with E-state index in [0.29, 0.717) is 5.41 Å². The molecule has 1 heteroatoms. The third kappa shape index (κ3) is 2.82. The Morgan fingerprint density at radius 2 is 2.18 bits per heavy atom. The van der Waals surface area contributed by atoms with Crippen LogP contribution in [-0.4, -0.2) is 11.2 Å². The molecule has 0 aliphatic heterocycles. The van der Waals surface area contributed by atoms with Gasteiger partial charge in [-0.3, -0.25) is 0 Å². The first-order chi connectivity index (χ1) is 4.99. The fourth-order valence-electron chi connectivity index (χ4n) is 2.26. The van der Waals surface area contributed by atoms with E-state index in [4.69, 9.17) is 0 Å². The van der Waals surface area contributed by atoms with Crippen molar-refractivity contribution in [2.45, 2.75) is 52.6 Å². The molecule has 1 aliphatic carbocycles. The number of hydrogen-bond acceptors (Lipinski definition) is 1. The topological polar surface area (TPSA) is 20.2 Å². The molecule has 1 saturated carbocycles. The maximum atomic E-state index is 9.18. The van der Waals surface area contributed by atoms with E-state index in [1.807, 2.05) is 6.92 Å². The van der Waals surface area contributed by atoms with Crippen LogP contribution in [0, 0.1) is 11.3 Å². The molecule has 66 valence electrons. The highest BCUT2D eigenvalue weighted by atomic mass is 16.3. The number of rotatable bonds is 2. The highest BCUT2D eigenvalue weighted by Gasteiger charge is 2.30. The zero-order valence-electron chi connectivity index (χ0n) is 7.93. The molecule has 0 spiro atoms. The van der Waals surface area contributed by atoms with Gasteiger partial charge in [0, 0.05) is 0 Å². The van der Waals surface area contributed by atoms with E-state index in [9.17, 15) is 5.11 Å². The molecule has 0 saturated heterocycles. The Kier molecular flexibility index (Phi) is 2.58. The molecule has 11 heavy (non-hydrogen) atoms. The van der Waals surface area contributed by atoms with Gasteiger partial charge in [0.2, 0.25) is 0 Å². The highest BCUT2D eigenvalue weighted by Crippen LogP contribution is 2.42. The van der Waals surface area contributed by atoms with Crippen LogP contribution in [-0.2, 0) is 0 Å². The molecule has 1 unspecified atom stereocenters. The van der Waals surface area contributed by atoms with Gasteiger partial charge in [-0.25, -0.2) is 0 Å². The van der Waals surface area contributed by atoms with Gasteiger partial charge in [0.05, 0.1) is 6.10 Å². The lowest BCUT2D eigenvalue weighted by atomic mass is 9.89. The maximum absolute atomic E-state index is 9.18. The van der Waals surface area contributed by atoms with Crippen molar-refractivity contribution in [3.63, 3.8) is 0 Å². The quantitative estimate of drug-likeness (QED) is 0.651. The van der Waals surface area contributed by atoms with Gasteiger partial charge < -0.3 is 5.11 Å². The lowest BCUT2D eigenvalue weighted by Crippen LogP contribution is -2.09. The van der Waals surface area contributed by atoms with Crippen LogP contribution in [0.1, 0.15) is 46.5 Å². The molecule has 1 fully saturated rings. The summed E-state index contributed by atoms with van der Waals surface area (Å²) in [5, 5.41) is 9.18. The van der Waals surface area contributed by atoms with E-state index >= 15 is 0 Å². The van der Waals surface area contributed by atoms with Gasteiger partial charge >= 0.3 is 0 Å². The molecular weight excluding hydrogens is 136 g/mol. The average Bonchev–Trinajstić information content (AvgIpc) is 2.08. The molecule has 0 aromatic rings. The van der Waals surface area contributed by atoms with Gasteiger partial charge in [-0.05, 0) is 43.9 Å². The first-order valence-electron chi connectivity index (χ1n) is 4.68. The van der Waals surface area contributed by atoms with Crippen molar-refractivity contribution in [1.82, 2.24) is 0 Å². The Balaban J connectivity index is 2.31. The zero-order chi connectivity index (χ0) is 8.48. The van der Waals surface area contributed by atoms with E-state index in [1.165, 1.54) is 19.3 Å².